The lowest BCUT2D eigenvalue weighted by molar-refractivity contribution is -0.119. The van der Waals surface area contributed by atoms with E-state index >= 15 is 0 Å². The quantitative estimate of drug-likeness (QED) is 0.650. The third kappa shape index (κ3) is 2.74. The Morgan fingerprint density at radius 2 is 2.12 bits per heavy atom. The highest BCUT2D eigenvalue weighted by Gasteiger charge is 2.32. The molecule has 1 atom stereocenters. The Kier molecular flexibility index (Phi) is 3.82. The van der Waals surface area contributed by atoms with E-state index in [2.05, 4.69) is 10.6 Å². The van der Waals surface area contributed by atoms with Gasteiger partial charge in [0.05, 0.1) is 0 Å². The molecule has 0 spiro atoms. The number of nitrogens with one attached hydrogen (secondary N) is 2. The standard InChI is InChI=1S/C12H22N2O2/c15-9-12(4-2-1-3-5-12)8-14-10-6-11(16)13-7-10/h10,14-15H,1-9H2,(H,13,16). The highest BCUT2D eigenvalue weighted by atomic mass is 16.3. The second kappa shape index (κ2) is 5.15. The van der Waals surface area contributed by atoms with Crippen molar-refractivity contribution >= 4 is 5.91 Å². The summed E-state index contributed by atoms with van der Waals surface area (Å²) in [6.07, 6.45) is 6.57. The lowest BCUT2D eigenvalue weighted by Crippen LogP contribution is -2.43. The minimum atomic E-state index is 0.0733. The average molecular weight is 226 g/mol. The van der Waals surface area contributed by atoms with Crippen LogP contribution in [-0.2, 0) is 4.79 Å². The zero-order valence-corrected chi connectivity index (χ0v) is 9.80. The molecular formula is C12H22N2O2. The topological polar surface area (TPSA) is 61.4 Å². The van der Waals surface area contributed by atoms with Gasteiger partial charge in [-0.25, -0.2) is 0 Å². The molecule has 1 saturated carbocycles. The number of hydrogen-bond acceptors (Lipinski definition) is 3. The average Bonchev–Trinajstić information content (AvgIpc) is 2.74. The summed E-state index contributed by atoms with van der Waals surface area (Å²) in [5, 5.41) is 15.8. The lowest BCUT2D eigenvalue weighted by Gasteiger charge is -2.36. The van der Waals surface area contributed by atoms with Crippen LogP contribution in [0.2, 0.25) is 0 Å². The van der Waals surface area contributed by atoms with E-state index in [-0.39, 0.29) is 24.0 Å². The van der Waals surface area contributed by atoms with Gasteiger partial charge in [-0.05, 0) is 12.8 Å². The first-order valence-corrected chi connectivity index (χ1v) is 6.35. The van der Waals surface area contributed by atoms with Gasteiger partial charge in [-0.3, -0.25) is 4.79 Å². The number of amides is 1. The molecule has 4 heteroatoms. The number of hydrogen-bond donors (Lipinski definition) is 3. The summed E-state index contributed by atoms with van der Waals surface area (Å²) >= 11 is 0. The fraction of sp³-hybridized carbons (Fsp3) is 0.917. The lowest BCUT2D eigenvalue weighted by atomic mass is 9.74. The molecule has 2 rings (SSSR count). The van der Waals surface area contributed by atoms with Crippen molar-refractivity contribution in [1.29, 1.82) is 0 Å². The molecule has 1 unspecified atom stereocenters. The summed E-state index contributed by atoms with van der Waals surface area (Å²) in [6.45, 7) is 1.86. The summed E-state index contributed by atoms with van der Waals surface area (Å²) < 4.78 is 0. The summed E-state index contributed by atoms with van der Waals surface area (Å²) in [6, 6.07) is 0.262. The first kappa shape index (κ1) is 11.9. The fourth-order valence-electron chi connectivity index (χ4n) is 2.80. The molecule has 2 aliphatic rings. The van der Waals surface area contributed by atoms with Crippen molar-refractivity contribution in [3.05, 3.63) is 0 Å². The molecule has 0 aromatic heterocycles. The second-order valence-corrected chi connectivity index (χ2v) is 5.30. The van der Waals surface area contributed by atoms with Crippen LogP contribution in [0, 0.1) is 5.41 Å². The summed E-state index contributed by atoms with van der Waals surface area (Å²) in [5.74, 6) is 0.138. The minimum Gasteiger partial charge on any atom is -0.396 e. The van der Waals surface area contributed by atoms with Crippen molar-refractivity contribution in [3.63, 3.8) is 0 Å². The maximum absolute atomic E-state index is 11.1. The molecule has 1 aliphatic heterocycles. The van der Waals surface area contributed by atoms with Crippen molar-refractivity contribution in [3.8, 4) is 0 Å². The van der Waals surface area contributed by atoms with Crippen LogP contribution in [0.3, 0.4) is 0 Å². The Morgan fingerprint density at radius 1 is 1.38 bits per heavy atom. The first-order chi connectivity index (χ1) is 7.74. The number of aliphatic hydroxyl groups excluding tert-OH is 1. The SMILES string of the molecule is O=C1CC(NCC2(CO)CCCCC2)CN1. The Labute approximate surface area is 96.8 Å². The van der Waals surface area contributed by atoms with Gasteiger partial charge in [-0.1, -0.05) is 19.3 Å². The van der Waals surface area contributed by atoms with Crippen LogP contribution in [0.25, 0.3) is 0 Å². The van der Waals surface area contributed by atoms with Crippen LogP contribution in [0.4, 0.5) is 0 Å². The smallest absolute Gasteiger partial charge is 0.221 e. The van der Waals surface area contributed by atoms with E-state index in [0.717, 1.165) is 25.9 Å². The van der Waals surface area contributed by atoms with Crippen LogP contribution in [0.1, 0.15) is 38.5 Å². The Hall–Kier alpha value is -0.610. The molecule has 1 aliphatic carbocycles. The highest BCUT2D eigenvalue weighted by Crippen LogP contribution is 2.35. The monoisotopic (exact) mass is 226 g/mol. The van der Waals surface area contributed by atoms with E-state index in [1.807, 2.05) is 0 Å². The number of carbonyl (C=O) groups excluding carboxylic acids is 1. The Bertz CT molecular complexity index is 249. The van der Waals surface area contributed by atoms with Gasteiger partial charge >= 0.3 is 0 Å². The normalized spacial score (nSPS) is 29.1. The molecule has 3 N–H and O–H groups in total. The van der Waals surface area contributed by atoms with Gasteiger partial charge in [0, 0.05) is 37.6 Å². The molecule has 0 radical (unpaired) electrons. The molecular weight excluding hydrogens is 204 g/mol. The molecule has 0 aromatic rings. The van der Waals surface area contributed by atoms with E-state index in [1.54, 1.807) is 0 Å². The molecule has 4 nitrogen and oxygen atoms in total. The Morgan fingerprint density at radius 3 is 2.69 bits per heavy atom. The minimum absolute atomic E-state index is 0.0733. The van der Waals surface area contributed by atoms with E-state index in [9.17, 15) is 9.90 Å². The van der Waals surface area contributed by atoms with Crippen molar-refractivity contribution in [2.45, 2.75) is 44.6 Å². The second-order valence-electron chi connectivity index (χ2n) is 5.30. The fourth-order valence-corrected chi connectivity index (χ4v) is 2.80. The van der Waals surface area contributed by atoms with Gasteiger partial charge in [0.2, 0.25) is 5.91 Å². The molecule has 0 bridgehead atoms. The van der Waals surface area contributed by atoms with Crippen LogP contribution in [0.5, 0.6) is 0 Å². The summed E-state index contributed by atoms with van der Waals surface area (Å²) in [4.78, 5) is 11.1. The largest absolute Gasteiger partial charge is 0.396 e. The highest BCUT2D eigenvalue weighted by molar-refractivity contribution is 5.78. The summed E-state index contributed by atoms with van der Waals surface area (Å²) in [7, 11) is 0. The van der Waals surface area contributed by atoms with Gasteiger partial charge in [0.15, 0.2) is 0 Å². The van der Waals surface area contributed by atoms with Crippen LogP contribution >= 0.6 is 0 Å². The predicted octanol–water partition coefficient (Wildman–Crippen LogP) is 0.407. The number of rotatable bonds is 4. The molecule has 1 heterocycles. The van der Waals surface area contributed by atoms with Gasteiger partial charge < -0.3 is 15.7 Å². The zero-order chi connectivity index (χ0) is 11.4. The van der Waals surface area contributed by atoms with E-state index in [4.69, 9.17) is 0 Å². The number of carbonyl (C=O) groups is 1. The van der Waals surface area contributed by atoms with Crippen molar-refractivity contribution in [2.24, 2.45) is 5.41 Å². The molecule has 16 heavy (non-hydrogen) atoms. The van der Waals surface area contributed by atoms with Crippen LogP contribution in [0.15, 0.2) is 0 Å². The molecule has 2 fully saturated rings. The maximum atomic E-state index is 11.1. The first-order valence-electron chi connectivity index (χ1n) is 6.35. The molecule has 92 valence electrons. The van der Waals surface area contributed by atoms with E-state index < -0.39 is 0 Å². The van der Waals surface area contributed by atoms with Crippen molar-refractivity contribution < 1.29 is 9.90 Å². The summed E-state index contributed by atoms with van der Waals surface area (Å²) in [5.41, 5.74) is 0.0733. The van der Waals surface area contributed by atoms with Gasteiger partial charge in [-0.2, -0.15) is 0 Å². The third-order valence-corrected chi connectivity index (χ3v) is 3.99. The van der Waals surface area contributed by atoms with E-state index in [0.29, 0.717) is 6.42 Å². The third-order valence-electron chi connectivity index (χ3n) is 3.99. The van der Waals surface area contributed by atoms with Crippen LogP contribution in [-0.4, -0.2) is 36.8 Å². The number of aliphatic hydroxyl groups is 1. The molecule has 1 amide bonds. The van der Waals surface area contributed by atoms with Gasteiger partial charge in [-0.15, -0.1) is 0 Å². The van der Waals surface area contributed by atoms with Gasteiger partial charge in [0.25, 0.3) is 0 Å². The van der Waals surface area contributed by atoms with E-state index in [1.165, 1.54) is 19.3 Å². The Balaban J connectivity index is 1.80. The van der Waals surface area contributed by atoms with Crippen molar-refractivity contribution in [2.75, 3.05) is 19.7 Å². The maximum Gasteiger partial charge on any atom is 0.221 e. The molecule has 1 saturated heterocycles. The van der Waals surface area contributed by atoms with Crippen LogP contribution < -0.4 is 10.6 Å². The molecule has 0 aromatic carbocycles. The zero-order valence-electron chi connectivity index (χ0n) is 9.80. The predicted molar refractivity (Wildman–Crippen MR) is 62.0 cm³/mol. The van der Waals surface area contributed by atoms with Gasteiger partial charge in [0.1, 0.15) is 0 Å². The van der Waals surface area contributed by atoms with Crippen molar-refractivity contribution in [1.82, 2.24) is 10.6 Å².